The average Bonchev–Trinajstić information content (AvgIpc) is 3.02. The van der Waals surface area contributed by atoms with Crippen molar-refractivity contribution in [3.63, 3.8) is 0 Å². The Morgan fingerprint density at radius 1 is 1.23 bits per heavy atom. The first-order valence-corrected chi connectivity index (χ1v) is 9.84. The number of benzene rings is 1. The molecule has 0 unspecified atom stereocenters. The lowest BCUT2D eigenvalue weighted by molar-refractivity contribution is -0.116. The van der Waals surface area contributed by atoms with Gasteiger partial charge in [-0.25, -0.2) is 0 Å². The minimum Gasteiger partial charge on any atom is -0.379 e. The first-order chi connectivity index (χ1) is 12.7. The minimum atomic E-state index is 0.0708. The SMILES string of the molecule is CCN(C(=O)CSc1nnc(CN2CCOCC2)n1C)c1ccccc1. The molecule has 0 spiro atoms. The van der Waals surface area contributed by atoms with Gasteiger partial charge < -0.3 is 14.2 Å². The van der Waals surface area contributed by atoms with Crippen LogP contribution in [0.5, 0.6) is 0 Å². The number of hydrogen-bond acceptors (Lipinski definition) is 6. The van der Waals surface area contributed by atoms with Gasteiger partial charge in [0.1, 0.15) is 5.82 Å². The molecule has 2 aromatic rings. The number of para-hydroxylation sites is 1. The van der Waals surface area contributed by atoms with Gasteiger partial charge in [-0.2, -0.15) is 0 Å². The van der Waals surface area contributed by atoms with Crippen LogP contribution in [0.2, 0.25) is 0 Å². The molecular weight excluding hydrogens is 350 g/mol. The molecule has 0 radical (unpaired) electrons. The fourth-order valence-electron chi connectivity index (χ4n) is 2.88. The van der Waals surface area contributed by atoms with E-state index in [1.54, 1.807) is 4.90 Å². The molecule has 0 bridgehead atoms. The van der Waals surface area contributed by atoms with E-state index in [2.05, 4.69) is 15.1 Å². The van der Waals surface area contributed by atoms with Crippen LogP contribution in [-0.2, 0) is 23.1 Å². The summed E-state index contributed by atoms with van der Waals surface area (Å²) in [6, 6.07) is 9.74. The van der Waals surface area contributed by atoms with Crippen LogP contribution in [0.25, 0.3) is 0 Å². The number of thioether (sulfide) groups is 1. The number of nitrogens with zero attached hydrogens (tertiary/aromatic N) is 5. The zero-order valence-corrected chi connectivity index (χ0v) is 16.1. The zero-order chi connectivity index (χ0) is 18.4. The maximum atomic E-state index is 12.6. The van der Waals surface area contributed by atoms with Gasteiger partial charge in [0.25, 0.3) is 0 Å². The predicted octanol–water partition coefficient (Wildman–Crippen LogP) is 1.79. The molecule has 8 heteroatoms. The summed E-state index contributed by atoms with van der Waals surface area (Å²) in [6.07, 6.45) is 0. The van der Waals surface area contributed by atoms with Crippen molar-refractivity contribution in [1.82, 2.24) is 19.7 Å². The van der Waals surface area contributed by atoms with E-state index in [0.717, 1.165) is 49.5 Å². The Morgan fingerprint density at radius 2 is 1.96 bits per heavy atom. The fraction of sp³-hybridized carbons (Fsp3) is 0.500. The number of morpholine rings is 1. The Labute approximate surface area is 158 Å². The molecule has 0 aliphatic carbocycles. The van der Waals surface area contributed by atoms with E-state index in [-0.39, 0.29) is 5.91 Å². The van der Waals surface area contributed by atoms with Gasteiger partial charge in [-0.05, 0) is 19.1 Å². The Kier molecular flexibility index (Phi) is 6.65. The van der Waals surface area contributed by atoms with Gasteiger partial charge in [0.05, 0.1) is 25.5 Å². The highest BCUT2D eigenvalue weighted by Gasteiger charge is 2.18. The number of amides is 1. The molecule has 2 heterocycles. The molecule has 1 aromatic heterocycles. The first kappa shape index (κ1) is 18.9. The number of hydrogen-bond donors (Lipinski definition) is 0. The third kappa shape index (κ3) is 4.63. The molecule has 1 fully saturated rings. The number of carbonyl (C=O) groups excluding carboxylic acids is 1. The second-order valence-corrected chi connectivity index (χ2v) is 7.05. The summed E-state index contributed by atoms with van der Waals surface area (Å²) in [4.78, 5) is 16.7. The van der Waals surface area contributed by atoms with Gasteiger partial charge >= 0.3 is 0 Å². The maximum Gasteiger partial charge on any atom is 0.237 e. The monoisotopic (exact) mass is 375 g/mol. The van der Waals surface area contributed by atoms with Crippen molar-refractivity contribution in [2.45, 2.75) is 18.6 Å². The molecule has 140 valence electrons. The number of rotatable bonds is 7. The summed E-state index contributed by atoms with van der Waals surface area (Å²) in [5, 5.41) is 9.32. The Balaban J connectivity index is 1.58. The van der Waals surface area contributed by atoms with E-state index in [4.69, 9.17) is 4.74 Å². The van der Waals surface area contributed by atoms with Gasteiger partial charge in [-0.3, -0.25) is 9.69 Å². The molecule has 0 atom stereocenters. The molecule has 1 amide bonds. The molecule has 1 aliphatic heterocycles. The molecule has 0 N–H and O–H groups in total. The van der Waals surface area contributed by atoms with E-state index in [0.29, 0.717) is 12.3 Å². The van der Waals surface area contributed by atoms with Crippen molar-refractivity contribution >= 4 is 23.4 Å². The summed E-state index contributed by atoms with van der Waals surface area (Å²) in [5.41, 5.74) is 0.923. The Morgan fingerprint density at radius 3 is 2.65 bits per heavy atom. The Hall–Kier alpha value is -1.90. The zero-order valence-electron chi connectivity index (χ0n) is 15.3. The third-order valence-electron chi connectivity index (χ3n) is 4.40. The van der Waals surface area contributed by atoms with Gasteiger partial charge in [-0.15, -0.1) is 10.2 Å². The van der Waals surface area contributed by atoms with Crippen LogP contribution in [0.15, 0.2) is 35.5 Å². The van der Waals surface area contributed by atoms with Crippen molar-refractivity contribution in [2.24, 2.45) is 7.05 Å². The van der Waals surface area contributed by atoms with Crippen LogP contribution < -0.4 is 4.90 Å². The molecule has 0 saturated carbocycles. The van der Waals surface area contributed by atoms with Gasteiger partial charge in [0.2, 0.25) is 5.91 Å². The maximum absolute atomic E-state index is 12.6. The summed E-state index contributed by atoms with van der Waals surface area (Å²) in [6.45, 7) is 6.74. The molecule has 3 rings (SSSR count). The average molecular weight is 375 g/mol. The van der Waals surface area contributed by atoms with Crippen molar-refractivity contribution < 1.29 is 9.53 Å². The third-order valence-corrected chi connectivity index (χ3v) is 5.41. The van der Waals surface area contributed by atoms with Crippen molar-refractivity contribution in [1.29, 1.82) is 0 Å². The largest absolute Gasteiger partial charge is 0.379 e. The van der Waals surface area contributed by atoms with Crippen LogP contribution in [0.3, 0.4) is 0 Å². The van der Waals surface area contributed by atoms with Crippen LogP contribution in [-0.4, -0.2) is 64.2 Å². The summed E-state index contributed by atoms with van der Waals surface area (Å²) >= 11 is 1.43. The first-order valence-electron chi connectivity index (χ1n) is 8.85. The van der Waals surface area contributed by atoms with Crippen LogP contribution in [0.1, 0.15) is 12.7 Å². The number of carbonyl (C=O) groups is 1. The van der Waals surface area contributed by atoms with E-state index >= 15 is 0 Å². The van der Waals surface area contributed by atoms with Gasteiger partial charge in [0.15, 0.2) is 5.16 Å². The molecule has 1 aromatic carbocycles. The quantitative estimate of drug-likeness (QED) is 0.688. The summed E-state index contributed by atoms with van der Waals surface area (Å²) in [7, 11) is 1.96. The van der Waals surface area contributed by atoms with E-state index < -0.39 is 0 Å². The van der Waals surface area contributed by atoms with Crippen molar-refractivity contribution in [3.8, 4) is 0 Å². The molecular formula is C18H25N5O2S. The van der Waals surface area contributed by atoms with E-state index in [9.17, 15) is 4.79 Å². The Bertz CT molecular complexity index is 716. The number of aromatic nitrogens is 3. The van der Waals surface area contributed by atoms with Crippen LogP contribution in [0, 0.1) is 0 Å². The van der Waals surface area contributed by atoms with Gasteiger partial charge in [0, 0.05) is 32.4 Å². The molecule has 26 heavy (non-hydrogen) atoms. The highest BCUT2D eigenvalue weighted by Crippen LogP contribution is 2.20. The standard InChI is InChI=1S/C18H25N5O2S/c1-3-23(15-7-5-4-6-8-15)17(24)14-26-18-20-19-16(21(18)2)13-22-9-11-25-12-10-22/h4-8H,3,9-14H2,1-2H3. The summed E-state index contributed by atoms with van der Waals surface area (Å²) in [5.74, 6) is 1.32. The van der Waals surface area contributed by atoms with Crippen LogP contribution >= 0.6 is 11.8 Å². The predicted molar refractivity (Wildman–Crippen MR) is 102 cm³/mol. The smallest absolute Gasteiger partial charge is 0.237 e. The lowest BCUT2D eigenvalue weighted by Gasteiger charge is -2.25. The van der Waals surface area contributed by atoms with E-state index in [1.807, 2.05) is 48.9 Å². The second-order valence-electron chi connectivity index (χ2n) is 6.11. The molecule has 1 saturated heterocycles. The minimum absolute atomic E-state index is 0.0708. The normalized spacial score (nSPS) is 15.2. The van der Waals surface area contributed by atoms with Gasteiger partial charge in [-0.1, -0.05) is 30.0 Å². The number of ether oxygens (including phenoxy) is 1. The number of anilines is 1. The molecule has 1 aliphatic rings. The highest BCUT2D eigenvalue weighted by molar-refractivity contribution is 7.99. The second kappa shape index (κ2) is 9.16. The lowest BCUT2D eigenvalue weighted by atomic mass is 10.3. The summed E-state index contributed by atoms with van der Waals surface area (Å²) < 4.78 is 7.35. The van der Waals surface area contributed by atoms with Crippen molar-refractivity contribution in [2.75, 3.05) is 43.5 Å². The lowest BCUT2D eigenvalue weighted by Crippen LogP contribution is -2.36. The topological polar surface area (TPSA) is 63.5 Å². The fourth-order valence-corrected chi connectivity index (χ4v) is 3.69. The van der Waals surface area contributed by atoms with Crippen LogP contribution in [0.4, 0.5) is 5.69 Å². The molecule has 7 nitrogen and oxygen atoms in total. The highest BCUT2D eigenvalue weighted by atomic mass is 32.2. The van der Waals surface area contributed by atoms with Crippen molar-refractivity contribution in [3.05, 3.63) is 36.2 Å². The van der Waals surface area contributed by atoms with E-state index in [1.165, 1.54) is 11.8 Å².